The predicted molar refractivity (Wildman–Crippen MR) is 53.8 cm³/mol. The zero-order chi connectivity index (χ0) is 10.2. The highest BCUT2D eigenvalue weighted by Crippen LogP contribution is 2.21. The molecule has 2 atom stereocenters. The molecule has 2 aliphatic rings. The number of sulfone groups is 1. The number of aliphatic hydroxyl groups excluding tert-OH is 1. The number of aliphatic hydroxyl groups is 1. The highest BCUT2D eigenvalue weighted by Gasteiger charge is 2.37. The summed E-state index contributed by atoms with van der Waals surface area (Å²) in [5, 5.41) is 12.8. The van der Waals surface area contributed by atoms with Gasteiger partial charge in [0.2, 0.25) is 0 Å². The van der Waals surface area contributed by atoms with Crippen molar-refractivity contribution in [1.29, 1.82) is 0 Å². The third-order valence-electron chi connectivity index (χ3n) is 3.13. The molecule has 2 N–H and O–H groups in total. The molecule has 0 spiro atoms. The van der Waals surface area contributed by atoms with Crippen LogP contribution in [-0.2, 0) is 9.84 Å². The average Bonchev–Trinajstić information content (AvgIpc) is 2.61. The van der Waals surface area contributed by atoms with Gasteiger partial charge in [0.25, 0.3) is 0 Å². The second kappa shape index (κ2) is 3.79. The minimum Gasteiger partial charge on any atom is -0.390 e. The Bertz CT molecular complexity index is 295. The fraction of sp³-hybridized carbons (Fsp3) is 1.00. The molecule has 4 nitrogen and oxygen atoms in total. The summed E-state index contributed by atoms with van der Waals surface area (Å²) in [6.07, 6.45) is 3.95. The fourth-order valence-electron chi connectivity index (χ4n) is 2.38. The average molecular weight is 219 g/mol. The van der Waals surface area contributed by atoms with Gasteiger partial charge in [0.05, 0.1) is 17.6 Å². The first-order valence-corrected chi connectivity index (χ1v) is 7.03. The van der Waals surface area contributed by atoms with Gasteiger partial charge < -0.3 is 10.4 Å². The van der Waals surface area contributed by atoms with Crippen molar-refractivity contribution >= 4 is 9.84 Å². The van der Waals surface area contributed by atoms with Gasteiger partial charge in [-0.25, -0.2) is 8.42 Å². The molecule has 1 saturated heterocycles. The molecule has 0 unspecified atom stereocenters. The van der Waals surface area contributed by atoms with E-state index in [2.05, 4.69) is 5.32 Å². The summed E-state index contributed by atoms with van der Waals surface area (Å²) in [5.74, 6) is 0.0298. The molecule has 0 aromatic carbocycles. The molecule has 0 radical (unpaired) electrons. The van der Waals surface area contributed by atoms with Crippen molar-refractivity contribution in [3.63, 3.8) is 0 Å². The summed E-state index contributed by atoms with van der Waals surface area (Å²) < 4.78 is 22.5. The van der Waals surface area contributed by atoms with Crippen LogP contribution in [0.4, 0.5) is 0 Å². The molecule has 82 valence electrons. The van der Waals surface area contributed by atoms with Crippen LogP contribution in [0.2, 0.25) is 0 Å². The Balaban J connectivity index is 1.92. The van der Waals surface area contributed by atoms with Gasteiger partial charge in [-0.3, -0.25) is 0 Å². The van der Waals surface area contributed by atoms with Crippen LogP contribution in [0.1, 0.15) is 25.7 Å². The Morgan fingerprint density at radius 2 is 1.79 bits per heavy atom. The first-order chi connectivity index (χ1) is 6.57. The van der Waals surface area contributed by atoms with E-state index in [9.17, 15) is 13.5 Å². The van der Waals surface area contributed by atoms with Crippen molar-refractivity contribution in [3.8, 4) is 0 Å². The lowest BCUT2D eigenvalue weighted by Crippen LogP contribution is -2.43. The highest BCUT2D eigenvalue weighted by atomic mass is 32.2. The standard InChI is InChI=1S/C9H17NO3S/c11-9-6-14(12,13)5-8(9)10-7-3-1-2-4-7/h7-11H,1-6H2/t8-,9-/m1/s1. The van der Waals surface area contributed by atoms with Crippen molar-refractivity contribution < 1.29 is 13.5 Å². The minimum absolute atomic E-state index is 0.0720. The Hall–Kier alpha value is -0.130. The van der Waals surface area contributed by atoms with Crippen molar-refractivity contribution in [1.82, 2.24) is 5.32 Å². The molecule has 5 heteroatoms. The summed E-state index contributed by atoms with van der Waals surface area (Å²) in [6.45, 7) is 0. The molecule has 2 fully saturated rings. The summed E-state index contributed by atoms with van der Waals surface area (Å²) in [5.41, 5.74) is 0. The van der Waals surface area contributed by atoms with Crippen LogP contribution in [0.5, 0.6) is 0 Å². The first kappa shape index (κ1) is 10.4. The van der Waals surface area contributed by atoms with E-state index in [1.807, 2.05) is 0 Å². The topological polar surface area (TPSA) is 66.4 Å². The Morgan fingerprint density at radius 1 is 1.14 bits per heavy atom. The van der Waals surface area contributed by atoms with Crippen LogP contribution < -0.4 is 5.32 Å². The normalized spacial score (nSPS) is 37.8. The van der Waals surface area contributed by atoms with Crippen LogP contribution in [0.15, 0.2) is 0 Å². The Morgan fingerprint density at radius 3 is 2.29 bits per heavy atom. The molecule has 1 aliphatic heterocycles. The third-order valence-corrected chi connectivity index (χ3v) is 4.84. The molecule has 0 aromatic heterocycles. The van der Waals surface area contributed by atoms with Gasteiger partial charge in [0.15, 0.2) is 9.84 Å². The van der Waals surface area contributed by atoms with Crippen molar-refractivity contribution in [2.45, 2.75) is 43.9 Å². The smallest absolute Gasteiger partial charge is 0.154 e. The van der Waals surface area contributed by atoms with Crippen LogP contribution in [0.3, 0.4) is 0 Å². The monoisotopic (exact) mass is 219 g/mol. The molecule has 0 bridgehead atoms. The van der Waals surface area contributed by atoms with Gasteiger partial charge in [0, 0.05) is 12.1 Å². The van der Waals surface area contributed by atoms with Crippen LogP contribution >= 0.6 is 0 Å². The third kappa shape index (κ3) is 2.27. The predicted octanol–water partition coefficient (Wildman–Crippen LogP) is -0.324. The maximum atomic E-state index is 11.2. The van der Waals surface area contributed by atoms with E-state index in [1.165, 1.54) is 12.8 Å². The van der Waals surface area contributed by atoms with Gasteiger partial charge in [-0.1, -0.05) is 12.8 Å². The number of hydrogen-bond acceptors (Lipinski definition) is 4. The van der Waals surface area contributed by atoms with Gasteiger partial charge >= 0.3 is 0 Å². The van der Waals surface area contributed by atoms with E-state index < -0.39 is 15.9 Å². The summed E-state index contributed by atoms with van der Waals surface area (Å²) in [6, 6.07) is 0.186. The van der Waals surface area contributed by atoms with Crippen LogP contribution in [0.25, 0.3) is 0 Å². The van der Waals surface area contributed by atoms with Crippen molar-refractivity contribution in [3.05, 3.63) is 0 Å². The maximum absolute atomic E-state index is 11.2. The number of rotatable bonds is 2. The zero-order valence-electron chi connectivity index (χ0n) is 8.15. The minimum atomic E-state index is -3.00. The summed E-state index contributed by atoms with van der Waals surface area (Å²) in [4.78, 5) is 0. The zero-order valence-corrected chi connectivity index (χ0v) is 8.96. The fourth-order valence-corrected chi connectivity index (χ4v) is 4.14. The number of hydrogen-bond donors (Lipinski definition) is 2. The molecule has 0 aromatic rings. The Labute approximate surface area is 84.6 Å². The quantitative estimate of drug-likeness (QED) is 0.668. The van der Waals surface area contributed by atoms with Gasteiger partial charge in [-0.15, -0.1) is 0 Å². The Kier molecular flexibility index (Phi) is 2.81. The highest BCUT2D eigenvalue weighted by molar-refractivity contribution is 7.91. The summed E-state index contributed by atoms with van der Waals surface area (Å²) >= 11 is 0. The number of nitrogens with one attached hydrogen (secondary N) is 1. The van der Waals surface area contributed by atoms with Gasteiger partial charge in [0.1, 0.15) is 0 Å². The molecule has 1 aliphatic carbocycles. The molecule has 0 amide bonds. The SMILES string of the molecule is O=S1(=O)C[C@@H](O)[C@H](NC2CCCC2)C1. The van der Waals surface area contributed by atoms with E-state index >= 15 is 0 Å². The van der Waals surface area contributed by atoms with Crippen molar-refractivity contribution in [2.75, 3.05) is 11.5 Å². The van der Waals surface area contributed by atoms with Crippen LogP contribution in [-0.4, -0.2) is 43.2 Å². The lowest BCUT2D eigenvalue weighted by Gasteiger charge is -2.19. The first-order valence-electron chi connectivity index (χ1n) is 5.21. The van der Waals surface area contributed by atoms with Gasteiger partial charge in [-0.05, 0) is 12.8 Å². The van der Waals surface area contributed by atoms with E-state index in [1.54, 1.807) is 0 Å². The van der Waals surface area contributed by atoms with Crippen LogP contribution in [0, 0.1) is 0 Å². The molecule has 2 rings (SSSR count). The molecule has 14 heavy (non-hydrogen) atoms. The molecule has 1 saturated carbocycles. The summed E-state index contributed by atoms with van der Waals surface area (Å²) in [7, 11) is -3.00. The van der Waals surface area contributed by atoms with E-state index in [0.29, 0.717) is 6.04 Å². The van der Waals surface area contributed by atoms with Gasteiger partial charge in [-0.2, -0.15) is 0 Å². The maximum Gasteiger partial charge on any atom is 0.154 e. The molecular formula is C9H17NO3S. The van der Waals surface area contributed by atoms with E-state index in [4.69, 9.17) is 0 Å². The lowest BCUT2D eigenvalue weighted by molar-refractivity contribution is 0.159. The molecular weight excluding hydrogens is 202 g/mol. The second-order valence-electron chi connectivity index (χ2n) is 4.40. The van der Waals surface area contributed by atoms with E-state index in [0.717, 1.165) is 12.8 Å². The van der Waals surface area contributed by atoms with Crippen molar-refractivity contribution in [2.24, 2.45) is 0 Å². The molecule has 1 heterocycles. The lowest BCUT2D eigenvalue weighted by atomic mass is 10.1. The van der Waals surface area contributed by atoms with E-state index in [-0.39, 0.29) is 17.5 Å². The largest absolute Gasteiger partial charge is 0.390 e. The second-order valence-corrected chi connectivity index (χ2v) is 6.55.